The van der Waals surface area contributed by atoms with E-state index in [-0.39, 0.29) is 11.9 Å². The lowest BCUT2D eigenvalue weighted by Gasteiger charge is -2.11. The quantitative estimate of drug-likeness (QED) is 0.596. The van der Waals surface area contributed by atoms with Crippen molar-refractivity contribution in [2.75, 3.05) is 13.2 Å². The molecule has 0 bridgehead atoms. The number of carbonyl (C=O) groups excluding carboxylic acids is 1. The van der Waals surface area contributed by atoms with Crippen LogP contribution in [0, 0.1) is 0 Å². The van der Waals surface area contributed by atoms with E-state index < -0.39 is 0 Å². The number of rotatable bonds is 6. The number of benzene rings is 1. The first-order valence-corrected chi connectivity index (χ1v) is 6.35. The summed E-state index contributed by atoms with van der Waals surface area (Å²) in [6.07, 6.45) is 0.210. The largest absolute Gasteiger partial charge is 0.490 e. The number of Topliss-reactive ketones (excluding diaryl/α,β-unsaturated/α-hetero) is 1. The number of hydrogen-bond donors (Lipinski definition) is 0. The molecular weight excluding hydrogens is 284 g/mol. The molecule has 1 rings (SSSR count). The lowest BCUT2D eigenvalue weighted by molar-refractivity contribution is 0.0551. The highest BCUT2D eigenvalue weighted by Gasteiger charge is 2.05. The van der Waals surface area contributed by atoms with E-state index in [2.05, 4.69) is 15.9 Å². The van der Waals surface area contributed by atoms with Gasteiger partial charge in [0.05, 0.1) is 17.2 Å². The van der Waals surface area contributed by atoms with Gasteiger partial charge >= 0.3 is 0 Å². The molecule has 0 aliphatic carbocycles. The van der Waals surface area contributed by atoms with Crippen molar-refractivity contribution in [3.63, 3.8) is 0 Å². The number of carbonyl (C=O) groups is 1. The van der Waals surface area contributed by atoms with Gasteiger partial charge in [-0.25, -0.2) is 0 Å². The standard InChI is InChI=1S/C13H17BrO3/c1-9(2)16-6-7-17-13-5-4-11(10(3)15)8-12(13)14/h4-5,8-9H,6-7H2,1-3H3. The Labute approximate surface area is 110 Å². The van der Waals surface area contributed by atoms with E-state index >= 15 is 0 Å². The maximum Gasteiger partial charge on any atom is 0.159 e. The van der Waals surface area contributed by atoms with Crippen molar-refractivity contribution in [1.29, 1.82) is 0 Å². The fraction of sp³-hybridized carbons (Fsp3) is 0.462. The van der Waals surface area contributed by atoms with Gasteiger partial charge in [0, 0.05) is 5.56 Å². The van der Waals surface area contributed by atoms with Crippen LogP contribution in [0.2, 0.25) is 0 Å². The maximum atomic E-state index is 11.2. The van der Waals surface area contributed by atoms with Crippen LogP contribution < -0.4 is 4.74 Å². The van der Waals surface area contributed by atoms with E-state index in [1.165, 1.54) is 0 Å². The summed E-state index contributed by atoms with van der Waals surface area (Å²) >= 11 is 3.38. The molecule has 0 atom stereocenters. The zero-order valence-electron chi connectivity index (χ0n) is 10.3. The molecule has 17 heavy (non-hydrogen) atoms. The van der Waals surface area contributed by atoms with Gasteiger partial charge in [-0.15, -0.1) is 0 Å². The molecule has 1 aromatic carbocycles. The molecule has 0 fully saturated rings. The van der Waals surface area contributed by atoms with Crippen LogP contribution in [0.3, 0.4) is 0 Å². The average molecular weight is 301 g/mol. The Bertz CT molecular complexity index is 388. The molecule has 0 radical (unpaired) electrons. The zero-order chi connectivity index (χ0) is 12.8. The molecule has 3 nitrogen and oxygen atoms in total. The first-order valence-electron chi connectivity index (χ1n) is 5.55. The van der Waals surface area contributed by atoms with Crippen LogP contribution in [-0.2, 0) is 4.74 Å². The smallest absolute Gasteiger partial charge is 0.159 e. The monoisotopic (exact) mass is 300 g/mol. The predicted molar refractivity (Wildman–Crippen MR) is 70.7 cm³/mol. The molecule has 1 aromatic rings. The molecule has 0 unspecified atom stereocenters. The molecule has 0 saturated carbocycles. The molecule has 0 saturated heterocycles. The van der Waals surface area contributed by atoms with E-state index in [0.29, 0.717) is 18.8 Å². The summed E-state index contributed by atoms with van der Waals surface area (Å²) in [6.45, 7) is 6.56. The molecule has 0 aromatic heterocycles. The third kappa shape index (κ3) is 4.88. The SMILES string of the molecule is CC(=O)c1ccc(OCCOC(C)C)c(Br)c1. The second-order valence-corrected chi connectivity index (χ2v) is 4.82. The van der Waals surface area contributed by atoms with Gasteiger partial charge < -0.3 is 9.47 Å². The van der Waals surface area contributed by atoms with E-state index in [1.807, 2.05) is 13.8 Å². The summed E-state index contributed by atoms with van der Waals surface area (Å²) < 4.78 is 11.7. The molecule has 0 aliphatic rings. The van der Waals surface area contributed by atoms with Crippen molar-refractivity contribution in [3.05, 3.63) is 28.2 Å². The van der Waals surface area contributed by atoms with E-state index in [0.717, 1.165) is 10.2 Å². The summed E-state index contributed by atoms with van der Waals surface area (Å²) in [6, 6.07) is 5.31. The van der Waals surface area contributed by atoms with Crippen molar-refractivity contribution in [2.45, 2.75) is 26.9 Å². The minimum absolute atomic E-state index is 0.0420. The van der Waals surface area contributed by atoms with Crippen molar-refractivity contribution >= 4 is 21.7 Å². The summed E-state index contributed by atoms with van der Waals surface area (Å²) in [4.78, 5) is 11.2. The summed E-state index contributed by atoms with van der Waals surface area (Å²) in [5.74, 6) is 0.766. The van der Waals surface area contributed by atoms with Gasteiger partial charge in [0.25, 0.3) is 0 Å². The summed E-state index contributed by atoms with van der Waals surface area (Å²) in [5.41, 5.74) is 0.669. The lowest BCUT2D eigenvalue weighted by atomic mass is 10.1. The van der Waals surface area contributed by atoms with Crippen LogP contribution >= 0.6 is 15.9 Å². The predicted octanol–water partition coefficient (Wildman–Crippen LogP) is 3.46. The van der Waals surface area contributed by atoms with Gasteiger partial charge in [-0.2, -0.15) is 0 Å². The highest BCUT2D eigenvalue weighted by Crippen LogP contribution is 2.26. The molecule has 0 amide bonds. The third-order valence-electron chi connectivity index (χ3n) is 2.13. The van der Waals surface area contributed by atoms with E-state index in [1.54, 1.807) is 25.1 Å². The fourth-order valence-corrected chi connectivity index (χ4v) is 1.77. The van der Waals surface area contributed by atoms with Crippen molar-refractivity contribution in [1.82, 2.24) is 0 Å². The number of hydrogen-bond acceptors (Lipinski definition) is 3. The van der Waals surface area contributed by atoms with Gasteiger partial charge in [-0.1, -0.05) is 0 Å². The van der Waals surface area contributed by atoms with Crippen molar-refractivity contribution in [2.24, 2.45) is 0 Å². The van der Waals surface area contributed by atoms with Gasteiger partial charge in [-0.05, 0) is 54.9 Å². The first-order chi connectivity index (χ1) is 8.00. The summed E-state index contributed by atoms with van der Waals surface area (Å²) in [7, 11) is 0. The molecule has 0 aliphatic heterocycles. The van der Waals surface area contributed by atoms with Crippen LogP contribution in [0.1, 0.15) is 31.1 Å². The third-order valence-corrected chi connectivity index (χ3v) is 2.75. The van der Waals surface area contributed by atoms with E-state index in [4.69, 9.17) is 9.47 Å². The van der Waals surface area contributed by atoms with Crippen molar-refractivity contribution < 1.29 is 14.3 Å². The highest BCUT2D eigenvalue weighted by molar-refractivity contribution is 9.10. The van der Waals surface area contributed by atoms with E-state index in [9.17, 15) is 4.79 Å². The molecule has 94 valence electrons. The molecule has 0 spiro atoms. The van der Waals surface area contributed by atoms with Crippen molar-refractivity contribution in [3.8, 4) is 5.75 Å². The Morgan fingerprint density at radius 2 is 2.06 bits per heavy atom. The first kappa shape index (κ1) is 14.2. The molecule has 4 heteroatoms. The summed E-state index contributed by atoms with van der Waals surface area (Å²) in [5, 5.41) is 0. The number of ether oxygens (including phenoxy) is 2. The van der Waals surface area contributed by atoms with Crippen LogP contribution in [-0.4, -0.2) is 25.1 Å². The Kier molecular flexibility index (Phi) is 5.65. The Hall–Kier alpha value is -0.870. The number of ketones is 1. The molecule has 0 N–H and O–H groups in total. The minimum atomic E-state index is 0.0420. The molecule has 0 heterocycles. The number of halogens is 1. The van der Waals surface area contributed by atoms with Gasteiger partial charge in [-0.3, -0.25) is 4.79 Å². The topological polar surface area (TPSA) is 35.5 Å². The molecular formula is C13H17BrO3. The Balaban J connectivity index is 2.52. The highest BCUT2D eigenvalue weighted by atomic mass is 79.9. The van der Waals surface area contributed by atoms with Crippen LogP contribution in [0.5, 0.6) is 5.75 Å². The Morgan fingerprint density at radius 1 is 1.35 bits per heavy atom. The second-order valence-electron chi connectivity index (χ2n) is 3.97. The second kappa shape index (κ2) is 6.77. The normalized spacial score (nSPS) is 10.6. The van der Waals surface area contributed by atoms with Gasteiger partial charge in [0.2, 0.25) is 0 Å². The van der Waals surface area contributed by atoms with Gasteiger partial charge in [0.1, 0.15) is 12.4 Å². The lowest BCUT2D eigenvalue weighted by Crippen LogP contribution is -2.11. The minimum Gasteiger partial charge on any atom is -0.490 e. The zero-order valence-corrected chi connectivity index (χ0v) is 11.9. The Morgan fingerprint density at radius 3 is 2.59 bits per heavy atom. The van der Waals surface area contributed by atoms with Crippen LogP contribution in [0.4, 0.5) is 0 Å². The maximum absolute atomic E-state index is 11.2. The average Bonchev–Trinajstić information content (AvgIpc) is 2.25. The fourth-order valence-electron chi connectivity index (χ4n) is 1.27. The van der Waals surface area contributed by atoms with Gasteiger partial charge in [0.15, 0.2) is 5.78 Å². The van der Waals surface area contributed by atoms with Crippen LogP contribution in [0.15, 0.2) is 22.7 Å². The van der Waals surface area contributed by atoms with Crippen LogP contribution in [0.25, 0.3) is 0 Å².